The van der Waals surface area contributed by atoms with Gasteiger partial charge in [0, 0.05) is 24.6 Å². The van der Waals surface area contributed by atoms with Crippen LogP contribution in [0, 0.1) is 0 Å². The minimum atomic E-state index is -0.972. The first kappa shape index (κ1) is 26.9. The molecular formula is C30H32N2O6. The number of nitrogens with zero attached hydrogens (tertiary/aromatic N) is 1. The molecule has 1 aliphatic carbocycles. The fourth-order valence-electron chi connectivity index (χ4n) is 4.72. The van der Waals surface area contributed by atoms with E-state index >= 15 is 0 Å². The minimum Gasteiger partial charge on any atom is -0.493 e. The van der Waals surface area contributed by atoms with Crippen molar-refractivity contribution in [2.45, 2.75) is 57.6 Å². The van der Waals surface area contributed by atoms with Crippen LogP contribution in [0.5, 0.6) is 11.5 Å². The average Bonchev–Trinajstić information content (AvgIpc) is 3.12. The maximum atomic E-state index is 13.2. The third-order valence-corrected chi connectivity index (χ3v) is 6.63. The second-order valence-corrected chi connectivity index (χ2v) is 9.17. The molecule has 0 aliphatic heterocycles. The maximum absolute atomic E-state index is 13.2. The zero-order valence-corrected chi connectivity index (χ0v) is 21.8. The molecule has 1 amide bonds. The topological polar surface area (TPSA) is 104 Å². The lowest BCUT2D eigenvalue weighted by atomic mass is 9.84. The van der Waals surface area contributed by atoms with Gasteiger partial charge < -0.3 is 19.5 Å². The lowest BCUT2D eigenvalue weighted by Gasteiger charge is -2.28. The van der Waals surface area contributed by atoms with Gasteiger partial charge in [0.05, 0.1) is 7.11 Å². The van der Waals surface area contributed by atoms with Crippen molar-refractivity contribution in [3.05, 3.63) is 89.2 Å². The highest BCUT2D eigenvalue weighted by atomic mass is 16.6. The molecule has 0 saturated heterocycles. The fraction of sp³-hybridized carbons (Fsp3) is 0.333. The molecule has 2 aromatic carbocycles. The number of rotatable bonds is 8. The van der Waals surface area contributed by atoms with E-state index in [2.05, 4.69) is 22.4 Å². The summed E-state index contributed by atoms with van der Waals surface area (Å²) >= 11 is 0. The number of pyridine rings is 1. The Bertz CT molecular complexity index is 1290. The highest BCUT2D eigenvalue weighted by Crippen LogP contribution is 2.37. The second-order valence-electron chi connectivity index (χ2n) is 9.17. The summed E-state index contributed by atoms with van der Waals surface area (Å²) in [5.41, 5.74) is 3.31. The summed E-state index contributed by atoms with van der Waals surface area (Å²) in [5, 5.41) is 2.64. The molecule has 0 fully saturated rings. The van der Waals surface area contributed by atoms with Gasteiger partial charge in [-0.3, -0.25) is 9.59 Å². The van der Waals surface area contributed by atoms with Crippen molar-refractivity contribution in [1.29, 1.82) is 0 Å². The van der Waals surface area contributed by atoms with Crippen LogP contribution in [0.4, 0.5) is 0 Å². The molecule has 0 saturated carbocycles. The van der Waals surface area contributed by atoms with Gasteiger partial charge in [0.15, 0.2) is 11.4 Å². The van der Waals surface area contributed by atoms with Crippen molar-refractivity contribution in [2.24, 2.45) is 0 Å². The van der Waals surface area contributed by atoms with Gasteiger partial charge in [-0.2, -0.15) is 0 Å². The van der Waals surface area contributed by atoms with Crippen LogP contribution < -0.4 is 14.8 Å². The molecule has 3 atom stereocenters. The quantitative estimate of drug-likeness (QED) is 0.345. The van der Waals surface area contributed by atoms with Crippen molar-refractivity contribution in [3.63, 3.8) is 0 Å². The number of ether oxygens (including phenoxy) is 3. The Kier molecular flexibility index (Phi) is 8.73. The highest BCUT2D eigenvalue weighted by molar-refractivity contribution is 5.98. The Balaban J connectivity index is 1.54. The number of aryl methyl sites for hydroxylation is 1. The molecule has 2 unspecified atom stereocenters. The molecule has 8 heteroatoms. The predicted molar refractivity (Wildman–Crippen MR) is 141 cm³/mol. The van der Waals surface area contributed by atoms with Gasteiger partial charge in [0.1, 0.15) is 12.1 Å². The first-order chi connectivity index (χ1) is 18.4. The lowest BCUT2D eigenvalue weighted by molar-refractivity contribution is -0.152. The molecule has 4 rings (SSSR count). The minimum absolute atomic E-state index is 0.0931. The summed E-state index contributed by atoms with van der Waals surface area (Å²) in [4.78, 5) is 42.3. The number of aromatic nitrogens is 1. The van der Waals surface area contributed by atoms with E-state index in [0.717, 1.165) is 24.0 Å². The molecule has 38 heavy (non-hydrogen) atoms. The number of methoxy groups -OCH3 is 1. The molecule has 1 N–H and O–H groups in total. The number of benzene rings is 2. The first-order valence-corrected chi connectivity index (χ1v) is 12.8. The lowest BCUT2D eigenvalue weighted by Crippen LogP contribution is -2.42. The normalized spacial score (nSPS) is 17.3. The molecule has 8 nitrogen and oxygen atoms in total. The van der Waals surface area contributed by atoms with E-state index in [1.165, 1.54) is 24.9 Å². The molecule has 0 spiro atoms. The molecule has 1 aliphatic rings. The van der Waals surface area contributed by atoms with Crippen LogP contribution in [0.15, 0.2) is 66.9 Å². The maximum Gasteiger partial charge on any atom is 0.328 e. The van der Waals surface area contributed by atoms with Crippen molar-refractivity contribution in [3.8, 4) is 11.5 Å². The van der Waals surface area contributed by atoms with Crippen LogP contribution in [0.1, 0.15) is 66.2 Å². The highest BCUT2D eigenvalue weighted by Gasteiger charge is 2.33. The summed E-state index contributed by atoms with van der Waals surface area (Å²) in [6, 6.07) is 18.8. The number of hydrogen-bond acceptors (Lipinski definition) is 7. The van der Waals surface area contributed by atoms with E-state index < -0.39 is 30.0 Å². The van der Waals surface area contributed by atoms with Crippen LogP contribution in [0.25, 0.3) is 0 Å². The third-order valence-electron chi connectivity index (χ3n) is 6.63. The largest absolute Gasteiger partial charge is 0.493 e. The van der Waals surface area contributed by atoms with Crippen molar-refractivity contribution in [2.75, 3.05) is 7.11 Å². The Hall–Kier alpha value is -4.20. The van der Waals surface area contributed by atoms with Gasteiger partial charge in [-0.1, -0.05) is 61.5 Å². The van der Waals surface area contributed by atoms with Gasteiger partial charge in [0.2, 0.25) is 5.75 Å². The molecule has 1 aromatic heterocycles. The Morgan fingerprint density at radius 3 is 2.53 bits per heavy atom. The van der Waals surface area contributed by atoms with Crippen LogP contribution in [0.2, 0.25) is 0 Å². The smallest absolute Gasteiger partial charge is 0.328 e. The number of amides is 1. The van der Waals surface area contributed by atoms with E-state index in [1.807, 2.05) is 42.5 Å². The Labute approximate surface area is 222 Å². The molecule has 0 bridgehead atoms. The summed E-state index contributed by atoms with van der Waals surface area (Å²) in [5.74, 6) is -1.81. The molecular weight excluding hydrogens is 484 g/mol. The van der Waals surface area contributed by atoms with E-state index in [0.29, 0.717) is 6.42 Å². The molecule has 198 valence electrons. The van der Waals surface area contributed by atoms with Crippen molar-refractivity contribution < 1.29 is 28.6 Å². The number of fused-ring (bicyclic) bond motifs is 1. The van der Waals surface area contributed by atoms with Gasteiger partial charge in [-0.15, -0.1) is 0 Å². The van der Waals surface area contributed by atoms with Gasteiger partial charge in [-0.05, 0) is 42.9 Å². The standard InChI is InChI=1S/C30H32N2O6/c1-4-25(33)38-28-24(36-3)17-18-31-27(28)29(34)32-19(2)30(35)37-23-16-10-14-20-11-8-9-15-22(20)26(23)21-12-6-5-7-13-21/h5-9,11-13,15,17-19,23,26H,4,10,14,16H2,1-3H3,(H,32,34)/t19-,23?,26?/m0/s1. The number of hydrogen-bond donors (Lipinski definition) is 1. The molecule has 1 heterocycles. The summed E-state index contributed by atoms with van der Waals surface area (Å²) in [7, 11) is 1.40. The van der Waals surface area contributed by atoms with Crippen molar-refractivity contribution >= 4 is 17.8 Å². The van der Waals surface area contributed by atoms with E-state index in [4.69, 9.17) is 14.2 Å². The van der Waals surface area contributed by atoms with Crippen LogP contribution in [-0.2, 0) is 20.7 Å². The zero-order valence-electron chi connectivity index (χ0n) is 21.8. The van der Waals surface area contributed by atoms with E-state index in [9.17, 15) is 14.4 Å². The van der Waals surface area contributed by atoms with Gasteiger partial charge in [0.25, 0.3) is 5.91 Å². The number of carbonyl (C=O) groups is 3. The SMILES string of the molecule is CCC(=O)Oc1c(OC)ccnc1C(=O)N[C@@H](C)C(=O)OC1CCCc2ccccc2C1c1ccccc1. The summed E-state index contributed by atoms with van der Waals surface area (Å²) < 4.78 is 16.6. The van der Waals surface area contributed by atoms with Gasteiger partial charge >= 0.3 is 11.9 Å². The molecule has 3 aromatic rings. The van der Waals surface area contributed by atoms with Crippen LogP contribution >= 0.6 is 0 Å². The monoisotopic (exact) mass is 516 g/mol. The molecule has 0 radical (unpaired) electrons. The van der Waals surface area contributed by atoms with E-state index in [1.54, 1.807) is 13.8 Å². The van der Waals surface area contributed by atoms with Crippen LogP contribution in [-0.4, -0.2) is 42.1 Å². The van der Waals surface area contributed by atoms with Crippen molar-refractivity contribution in [1.82, 2.24) is 10.3 Å². The third kappa shape index (κ3) is 6.02. The number of nitrogens with one attached hydrogen (secondary N) is 1. The zero-order chi connectivity index (χ0) is 27.1. The summed E-state index contributed by atoms with van der Waals surface area (Å²) in [6.07, 6.45) is 3.54. The van der Waals surface area contributed by atoms with E-state index in [-0.39, 0.29) is 29.5 Å². The average molecular weight is 517 g/mol. The predicted octanol–water partition coefficient (Wildman–Crippen LogP) is 4.60. The summed E-state index contributed by atoms with van der Waals surface area (Å²) in [6.45, 7) is 3.19. The Morgan fingerprint density at radius 1 is 1.05 bits per heavy atom. The van der Waals surface area contributed by atoms with Gasteiger partial charge in [-0.25, -0.2) is 9.78 Å². The Morgan fingerprint density at radius 2 is 1.79 bits per heavy atom. The number of carbonyl (C=O) groups excluding carboxylic acids is 3. The second kappa shape index (κ2) is 12.4. The number of esters is 2. The van der Waals surface area contributed by atoms with Crippen LogP contribution in [0.3, 0.4) is 0 Å². The first-order valence-electron chi connectivity index (χ1n) is 12.8. The fourth-order valence-corrected chi connectivity index (χ4v) is 4.72.